The van der Waals surface area contributed by atoms with Crippen LogP contribution in [-0.2, 0) is 6.42 Å². The zero-order valence-corrected chi connectivity index (χ0v) is 20.7. The van der Waals surface area contributed by atoms with Crippen LogP contribution in [0.3, 0.4) is 0 Å². The van der Waals surface area contributed by atoms with Crippen LogP contribution in [0.15, 0.2) is 33.2 Å². The number of furan rings is 1. The summed E-state index contributed by atoms with van der Waals surface area (Å²) in [4.78, 5) is 11.4. The second kappa shape index (κ2) is 13.2. The molecule has 1 atom stereocenters. The van der Waals surface area contributed by atoms with Crippen molar-refractivity contribution in [3.8, 4) is 0 Å². The summed E-state index contributed by atoms with van der Waals surface area (Å²) < 4.78 is 5.72. The molecule has 0 bridgehead atoms. The van der Waals surface area contributed by atoms with Gasteiger partial charge < -0.3 is 15.1 Å². The van der Waals surface area contributed by atoms with E-state index in [4.69, 9.17) is 4.42 Å². The van der Waals surface area contributed by atoms with E-state index in [1.54, 1.807) is 17.6 Å². The lowest BCUT2D eigenvalue weighted by molar-refractivity contribution is 0.146. The van der Waals surface area contributed by atoms with Crippen LogP contribution in [0.1, 0.15) is 54.6 Å². The molecule has 1 aliphatic rings. The van der Waals surface area contributed by atoms with Crippen molar-refractivity contribution in [3.63, 3.8) is 0 Å². The topological polar surface area (TPSA) is 65.7 Å². The van der Waals surface area contributed by atoms with E-state index in [-0.39, 0.29) is 30.0 Å². The highest BCUT2D eigenvalue weighted by Crippen LogP contribution is 2.24. The smallest absolute Gasteiger partial charge is 0.191 e. The molecule has 0 aliphatic carbocycles. The van der Waals surface area contributed by atoms with Crippen molar-refractivity contribution in [2.75, 3.05) is 33.2 Å². The van der Waals surface area contributed by atoms with Crippen molar-refractivity contribution in [2.45, 2.75) is 51.5 Å². The summed E-state index contributed by atoms with van der Waals surface area (Å²) in [7, 11) is 1.83. The fraction of sp³-hybridized carbons (Fsp3) is 0.619. The molecule has 3 rings (SSSR count). The van der Waals surface area contributed by atoms with Crippen molar-refractivity contribution in [1.82, 2.24) is 20.5 Å². The SMILES string of the molecule is CN=C(NCCCCc1nc(C)cs1)NCC(c1ccco1)N1CCCCC1.I. The van der Waals surface area contributed by atoms with Crippen LogP contribution < -0.4 is 10.6 Å². The van der Waals surface area contributed by atoms with Gasteiger partial charge in [-0.25, -0.2) is 4.98 Å². The van der Waals surface area contributed by atoms with Gasteiger partial charge in [0, 0.05) is 31.2 Å². The Kier molecular flexibility index (Phi) is 11.0. The number of nitrogens with one attached hydrogen (secondary N) is 2. The number of guanidine groups is 1. The zero-order chi connectivity index (χ0) is 19.6. The van der Waals surface area contributed by atoms with Crippen molar-refractivity contribution < 1.29 is 4.42 Å². The lowest BCUT2D eigenvalue weighted by atomic mass is 10.1. The molecular formula is C21H34IN5OS. The second-order valence-electron chi connectivity index (χ2n) is 7.35. The van der Waals surface area contributed by atoms with Crippen LogP contribution in [0.4, 0.5) is 0 Å². The van der Waals surface area contributed by atoms with E-state index in [2.05, 4.69) is 43.9 Å². The van der Waals surface area contributed by atoms with Gasteiger partial charge in [0.05, 0.1) is 17.3 Å². The number of aromatic nitrogens is 1. The van der Waals surface area contributed by atoms with E-state index in [1.807, 2.05) is 13.1 Å². The molecule has 6 nitrogen and oxygen atoms in total. The van der Waals surface area contributed by atoms with Crippen LogP contribution >= 0.6 is 35.3 Å². The highest BCUT2D eigenvalue weighted by atomic mass is 127. The maximum absolute atomic E-state index is 5.72. The molecule has 162 valence electrons. The van der Waals surface area contributed by atoms with E-state index in [9.17, 15) is 0 Å². The number of hydrogen-bond donors (Lipinski definition) is 2. The van der Waals surface area contributed by atoms with Gasteiger partial charge in [0.1, 0.15) is 5.76 Å². The molecule has 1 fully saturated rings. The minimum atomic E-state index is 0. The third kappa shape index (κ3) is 7.90. The first-order chi connectivity index (χ1) is 13.8. The maximum atomic E-state index is 5.72. The number of piperidine rings is 1. The fourth-order valence-corrected chi connectivity index (χ4v) is 4.48. The summed E-state index contributed by atoms with van der Waals surface area (Å²) >= 11 is 1.76. The number of likely N-dealkylation sites (tertiary alicyclic amines) is 1. The van der Waals surface area contributed by atoms with Crippen LogP contribution in [0.5, 0.6) is 0 Å². The molecule has 0 aromatic carbocycles. The molecule has 1 unspecified atom stereocenters. The zero-order valence-electron chi connectivity index (χ0n) is 17.5. The lowest BCUT2D eigenvalue weighted by Crippen LogP contribution is -2.44. The summed E-state index contributed by atoms with van der Waals surface area (Å²) in [6, 6.07) is 4.31. The number of unbranched alkanes of at least 4 members (excludes halogenated alkanes) is 1. The monoisotopic (exact) mass is 531 g/mol. The Morgan fingerprint density at radius 3 is 2.76 bits per heavy atom. The largest absolute Gasteiger partial charge is 0.468 e. The summed E-state index contributed by atoms with van der Waals surface area (Å²) in [5, 5.41) is 10.3. The van der Waals surface area contributed by atoms with Gasteiger partial charge >= 0.3 is 0 Å². The Hall–Kier alpha value is -1.13. The van der Waals surface area contributed by atoms with Crippen LogP contribution in [0, 0.1) is 6.92 Å². The van der Waals surface area contributed by atoms with Crippen LogP contribution in [0.25, 0.3) is 0 Å². The molecule has 2 aromatic rings. The summed E-state index contributed by atoms with van der Waals surface area (Å²) in [6.07, 6.45) is 8.93. The van der Waals surface area contributed by atoms with E-state index in [0.29, 0.717) is 0 Å². The molecule has 1 aliphatic heterocycles. The first-order valence-corrected chi connectivity index (χ1v) is 11.3. The first kappa shape index (κ1) is 24.1. The number of rotatable bonds is 9. The van der Waals surface area contributed by atoms with Gasteiger partial charge in [0.25, 0.3) is 0 Å². The summed E-state index contributed by atoms with van der Waals surface area (Å²) in [5.41, 5.74) is 1.13. The van der Waals surface area contributed by atoms with Crippen LogP contribution in [-0.4, -0.2) is 49.1 Å². The van der Waals surface area contributed by atoms with Gasteiger partial charge in [0.15, 0.2) is 5.96 Å². The molecule has 2 N–H and O–H groups in total. The highest BCUT2D eigenvalue weighted by Gasteiger charge is 2.24. The molecule has 29 heavy (non-hydrogen) atoms. The number of aryl methyl sites for hydroxylation is 2. The normalized spacial score (nSPS) is 16.3. The third-order valence-corrected chi connectivity index (χ3v) is 6.19. The Bertz CT molecular complexity index is 712. The van der Waals surface area contributed by atoms with E-state index >= 15 is 0 Å². The number of nitrogens with zero attached hydrogens (tertiary/aromatic N) is 3. The van der Waals surface area contributed by atoms with Crippen molar-refractivity contribution in [1.29, 1.82) is 0 Å². The van der Waals surface area contributed by atoms with Gasteiger partial charge in [-0.1, -0.05) is 6.42 Å². The Morgan fingerprint density at radius 2 is 2.10 bits per heavy atom. The maximum Gasteiger partial charge on any atom is 0.191 e. The number of thiazole rings is 1. The fourth-order valence-electron chi connectivity index (χ4n) is 3.66. The van der Waals surface area contributed by atoms with Crippen LogP contribution in [0.2, 0.25) is 0 Å². The van der Waals surface area contributed by atoms with Gasteiger partial charge in [0.2, 0.25) is 0 Å². The van der Waals surface area contributed by atoms with Gasteiger partial charge in [-0.05, 0) is 64.3 Å². The number of aliphatic imine (C=N–C) groups is 1. The molecule has 0 radical (unpaired) electrons. The number of hydrogen-bond acceptors (Lipinski definition) is 5. The number of halogens is 1. The van der Waals surface area contributed by atoms with Gasteiger partial charge in [-0.15, -0.1) is 35.3 Å². The quantitative estimate of drug-likeness (QED) is 0.218. The van der Waals surface area contributed by atoms with E-state index < -0.39 is 0 Å². The molecule has 1 saturated heterocycles. The third-order valence-electron chi connectivity index (χ3n) is 5.17. The lowest BCUT2D eigenvalue weighted by Gasteiger charge is -2.33. The van der Waals surface area contributed by atoms with E-state index in [0.717, 1.165) is 62.9 Å². The van der Waals surface area contributed by atoms with Gasteiger partial charge in [-0.2, -0.15) is 0 Å². The van der Waals surface area contributed by atoms with Gasteiger partial charge in [-0.3, -0.25) is 9.89 Å². The van der Waals surface area contributed by atoms with Crippen molar-refractivity contribution >= 4 is 41.3 Å². The minimum absolute atomic E-state index is 0. The average molecular weight is 532 g/mol. The molecule has 0 amide bonds. The molecule has 3 heterocycles. The highest BCUT2D eigenvalue weighted by molar-refractivity contribution is 14.0. The Morgan fingerprint density at radius 1 is 1.28 bits per heavy atom. The standard InChI is InChI=1S/C21H33N5OS.HI/c1-17-16-28-20(25-17)10-4-5-11-23-21(22-2)24-15-18(19-9-8-14-27-19)26-12-6-3-7-13-26;/h8-9,14,16,18H,3-7,10-13,15H2,1-2H3,(H2,22,23,24);1H. The molecule has 0 spiro atoms. The predicted molar refractivity (Wildman–Crippen MR) is 131 cm³/mol. The average Bonchev–Trinajstić information content (AvgIpc) is 3.39. The Balaban J connectivity index is 0.00000300. The first-order valence-electron chi connectivity index (χ1n) is 10.4. The van der Waals surface area contributed by atoms with Crippen molar-refractivity contribution in [3.05, 3.63) is 40.2 Å². The minimum Gasteiger partial charge on any atom is -0.468 e. The van der Waals surface area contributed by atoms with Crippen molar-refractivity contribution in [2.24, 2.45) is 4.99 Å². The molecular weight excluding hydrogens is 497 g/mol. The van der Waals surface area contributed by atoms with E-state index in [1.165, 1.54) is 24.3 Å². The molecule has 0 saturated carbocycles. The molecule has 2 aromatic heterocycles. The second-order valence-corrected chi connectivity index (χ2v) is 8.29. The molecule has 8 heteroatoms. The summed E-state index contributed by atoms with van der Waals surface area (Å²) in [5.74, 6) is 1.89. The predicted octanol–water partition coefficient (Wildman–Crippen LogP) is 4.38. The Labute approximate surface area is 195 Å². The summed E-state index contributed by atoms with van der Waals surface area (Å²) in [6.45, 7) is 6.03.